The molecule has 0 aromatic heterocycles. The molecule has 0 atom stereocenters. The molecule has 1 fully saturated rings. The van der Waals surface area contributed by atoms with Crippen LogP contribution in [0.15, 0.2) is 24.3 Å². The summed E-state index contributed by atoms with van der Waals surface area (Å²) in [4.78, 5) is 12.1. The zero-order valence-electron chi connectivity index (χ0n) is 12.7. The van der Waals surface area contributed by atoms with Crippen molar-refractivity contribution < 1.29 is 9.53 Å². The monoisotopic (exact) mass is 276 g/mol. The largest absolute Gasteiger partial charge is 0.384 e. The molecule has 1 aromatic rings. The second-order valence-electron chi connectivity index (χ2n) is 6.94. The molecular weight excluding hydrogens is 252 g/mol. The standard InChI is InChI=1S/C16H24N2O2/c1-15(2,3)18-14(19)12-6-5-7-13(8-12)17-9-16(4)10-20-11-16/h5-8,17H,9-11H2,1-4H3,(H,18,19). The van der Waals surface area contributed by atoms with Crippen molar-refractivity contribution >= 4 is 11.6 Å². The molecule has 1 aromatic carbocycles. The van der Waals surface area contributed by atoms with E-state index in [4.69, 9.17) is 4.74 Å². The molecule has 1 aliphatic rings. The van der Waals surface area contributed by atoms with Crippen LogP contribution in [-0.2, 0) is 4.74 Å². The van der Waals surface area contributed by atoms with Crippen molar-refractivity contribution in [2.75, 3.05) is 25.1 Å². The summed E-state index contributed by atoms with van der Waals surface area (Å²) in [5.41, 5.74) is 1.64. The summed E-state index contributed by atoms with van der Waals surface area (Å²) in [6, 6.07) is 7.61. The van der Waals surface area contributed by atoms with Gasteiger partial charge in [-0.3, -0.25) is 4.79 Å². The lowest BCUT2D eigenvalue weighted by molar-refractivity contribution is -0.0924. The van der Waals surface area contributed by atoms with E-state index in [9.17, 15) is 4.79 Å². The Bertz CT molecular complexity index is 487. The molecule has 0 spiro atoms. The summed E-state index contributed by atoms with van der Waals surface area (Å²) in [6.45, 7) is 10.6. The van der Waals surface area contributed by atoms with E-state index in [0.717, 1.165) is 25.4 Å². The molecule has 0 radical (unpaired) electrons. The molecule has 0 bridgehead atoms. The van der Waals surface area contributed by atoms with Gasteiger partial charge in [-0.1, -0.05) is 13.0 Å². The minimum atomic E-state index is -0.225. The number of carbonyl (C=O) groups is 1. The number of anilines is 1. The summed E-state index contributed by atoms with van der Waals surface area (Å²) >= 11 is 0. The first-order valence-electron chi connectivity index (χ1n) is 7.02. The van der Waals surface area contributed by atoms with E-state index < -0.39 is 0 Å². The van der Waals surface area contributed by atoms with Gasteiger partial charge in [-0.2, -0.15) is 0 Å². The lowest BCUT2D eigenvalue weighted by Crippen LogP contribution is -2.45. The quantitative estimate of drug-likeness (QED) is 0.889. The van der Waals surface area contributed by atoms with Gasteiger partial charge in [0.15, 0.2) is 0 Å². The zero-order chi connectivity index (χ0) is 14.8. The Morgan fingerprint density at radius 1 is 1.35 bits per heavy atom. The zero-order valence-corrected chi connectivity index (χ0v) is 12.7. The van der Waals surface area contributed by atoms with E-state index in [1.807, 2.05) is 45.0 Å². The van der Waals surface area contributed by atoms with Crippen molar-refractivity contribution in [3.63, 3.8) is 0 Å². The Morgan fingerprint density at radius 2 is 2.05 bits per heavy atom. The number of nitrogens with one attached hydrogen (secondary N) is 2. The van der Waals surface area contributed by atoms with Gasteiger partial charge in [-0.05, 0) is 39.0 Å². The van der Waals surface area contributed by atoms with Gasteiger partial charge in [0.25, 0.3) is 5.91 Å². The molecule has 0 aliphatic carbocycles. The maximum absolute atomic E-state index is 12.1. The Kier molecular flexibility index (Phi) is 4.04. The van der Waals surface area contributed by atoms with Crippen molar-refractivity contribution in [1.29, 1.82) is 0 Å². The van der Waals surface area contributed by atoms with Gasteiger partial charge in [0, 0.05) is 28.7 Å². The third kappa shape index (κ3) is 3.97. The summed E-state index contributed by atoms with van der Waals surface area (Å²) in [5, 5.41) is 6.36. The van der Waals surface area contributed by atoms with Crippen LogP contribution in [0.2, 0.25) is 0 Å². The number of hydrogen-bond donors (Lipinski definition) is 2. The summed E-state index contributed by atoms with van der Waals surface area (Å²) < 4.78 is 5.24. The molecule has 0 unspecified atom stereocenters. The van der Waals surface area contributed by atoms with Gasteiger partial charge < -0.3 is 15.4 Å². The molecule has 1 saturated heterocycles. The Hall–Kier alpha value is -1.55. The van der Waals surface area contributed by atoms with Crippen LogP contribution in [0.25, 0.3) is 0 Å². The van der Waals surface area contributed by atoms with Crippen LogP contribution in [0.1, 0.15) is 38.1 Å². The van der Waals surface area contributed by atoms with Crippen molar-refractivity contribution in [3.05, 3.63) is 29.8 Å². The summed E-state index contributed by atoms with van der Waals surface area (Å²) in [5.74, 6) is -0.0423. The van der Waals surface area contributed by atoms with Gasteiger partial charge in [-0.25, -0.2) is 0 Å². The van der Waals surface area contributed by atoms with Gasteiger partial charge in [0.05, 0.1) is 13.2 Å². The highest BCUT2D eigenvalue weighted by Gasteiger charge is 2.32. The lowest BCUT2D eigenvalue weighted by atomic mass is 9.88. The third-order valence-corrected chi connectivity index (χ3v) is 3.23. The predicted molar refractivity (Wildman–Crippen MR) is 81.1 cm³/mol. The predicted octanol–water partition coefficient (Wildman–Crippen LogP) is 2.66. The highest BCUT2D eigenvalue weighted by atomic mass is 16.5. The van der Waals surface area contributed by atoms with E-state index in [1.54, 1.807) is 0 Å². The second kappa shape index (κ2) is 5.44. The van der Waals surface area contributed by atoms with Gasteiger partial charge in [0.1, 0.15) is 0 Å². The molecule has 2 rings (SSSR count). The second-order valence-corrected chi connectivity index (χ2v) is 6.94. The molecule has 110 valence electrons. The molecule has 1 amide bonds. The number of carbonyl (C=O) groups excluding carboxylic acids is 1. The number of amides is 1. The van der Waals surface area contributed by atoms with E-state index in [2.05, 4.69) is 17.6 Å². The molecule has 2 N–H and O–H groups in total. The Morgan fingerprint density at radius 3 is 2.60 bits per heavy atom. The smallest absolute Gasteiger partial charge is 0.251 e. The topological polar surface area (TPSA) is 50.4 Å². The average Bonchev–Trinajstić information content (AvgIpc) is 2.32. The minimum absolute atomic E-state index is 0.0423. The Labute approximate surface area is 120 Å². The molecule has 0 saturated carbocycles. The van der Waals surface area contributed by atoms with E-state index in [1.165, 1.54) is 0 Å². The molecule has 1 aliphatic heterocycles. The van der Waals surface area contributed by atoms with Crippen LogP contribution < -0.4 is 10.6 Å². The summed E-state index contributed by atoms with van der Waals surface area (Å²) in [7, 11) is 0. The summed E-state index contributed by atoms with van der Waals surface area (Å²) in [6.07, 6.45) is 0. The third-order valence-electron chi connectivity index (χ3n) is 3.23. The molecule has 1 heterocycles. The first-order chi connectivity index (χ1) is 9.27. The van der Waals surface area contributed by atoms with Gasteiger partial charge in [-0.15, -0.1) is 0 Å². The number of rotatable bonds is 4. The highest BCUT2D eigenvalue weighted by Crippen LogP contribution is 2.26. The fourth-order valence-corrected chi connectivity index (χ4v) is 2.05. The molecular formula is C16H24N2O2. The van der Waals surface area contributed by atoms with Crippen molar-refractivity contribution in [3.8, 4) is 0 Å². The van der Waals surface area contributed by atoms with Crippen LogP contribution in [0, 0.1) is 5.41 Å². The van der Waals surface area contributed by atoms with E-state index in [-0.39, 0.29) is 16.9 Å². The van der Waals surface area contributed by atoms with Crippen LogP contribution >= 0.6 is 0 Å². The van der Waals surface area contributed by atoms with E-state index >= 15 is 0 Å². The average molecular weight is 276 g/mol. The van der Waals surface area contributed by atoms with Crippen LogP contribution in [0.4, 0.5) is 5.69 Å². The SMILES string of the molecule is CC1(CNc2cccc(C(=O)NC(C)(C)C)c2)COC1. The maximum atomic E-state index is 12.1. The van der Waals surface area contributed by atoms with Crippen molar-refractivity contribution in [2.24, 2.45) is 5.41 Å². The molecule has 4 nitrogen and oxygen atoms in total. The minimum Gasteiger partial charge on any atom is -0.384 e. The first kappa shape index (κ1) is 14.9. The fourth-order valence-electron chi connectivity index (χ4n) is 2.05. The fraction of sp³-hybridized carbons (Fsp3) is 0.562. The molecule has 4 heteroatoms. The van der Waals surface area contributed by atoms with Crippen LogP contribution in [0.5, 0.6) is 0 Å². The Balaban J connectivity index is 1.98. The van der Waals surface area contributed by atoms with Gasteiger partial charge >= 0.3 is 0 Å². The van der Waals surface area contributed by atoms with Gasteiger partial charge in [0.2, 0.25) is 0 Å². The van der Waals surface area contributed by atoms with Crippen molar-refractivity contribution in [2.45, 2.75) is 33.2 Å². The van der Waals surface area contributed by atoms with Crippen LogP contribution in [0.3, 0.4) is 0 Å². The van der Waals surface area contributed by atoms with Crippen LogP contribution in [-0.4, -0.2) is 31.2 Å². The van der Waals surface area contributed by atoms with E-state index in [0.29, 0.717) is 5.56 Å². The first-order valence-corrected chi connectivity index (χ1v) is 7.02. The molecule has 20 heavy (non-hydrogen) atoms. The maximum Gasteiger partial charge on any atom is 0.251 e. The highest BCUT2D eigenvalue weighted by molar-refractivity contribution is 5.95. The number of benzene rings is 1. The number of hydrogen-bond acceptors (Lipinski definition) is 3. The number of ether oxygens (including phenoxy) is 1. The van der Waals surface area contributed by atoms with Crippen molar-refractivity contribution in [1.82, 2.24) is 5.32 Å². The normalized spacial score (nSPS) is 17.2. The lowest BCUT2D eigenvalue weighted by Gasteiger charge is -2.38.